The van der Waals surface area contributed by atoms with E-state index in [9.17, 15) is 19.8 Å². The van der Waals surface area contributed by atoms with E-state index in [1.165, 1.54) is 0 Å². The molecule has 226 valence electrons. The number of hydrogen-bond donors (Lipinski definition) is 2. The average molecular weight is 583 g/mol. The van der Waals surface area contributed by atoms with Crippen molar-refractivity contribution in [2.45, 2.75) is 113 Å². The van der Waals surface area contributed by atoms with Gasteiger partial charge in [-0.05, 0) is 63.8 Å². The maximum Gasteiger partial charge on any atom is 0.338 e. The second-order valence-electron chi connectivity index (χ2n) is 11.8. The molecular formula is C32H38O10. The largest absolute Gasteiger partial charge is 0.453 e. The quantitative estimate of drug-likeness (QED) is 0.517. The van der Waals surface area contributed by atoms with Crippen molar-refractivity contribution in [3.63, 3.8) is 0 Å². The SMILES string of the molecule is C[C@@H]1CCC[C@]2(O[C@@H]3[C@@H](O[C@]24CCC[C@H](C)O4)[C@@H](OC(=O)c2ccccc2)[C@@H](O)[C@H](O)[C@H]3OC(=O)c2ccccc2)O1. The minimum atomic E-state index is -1.66. The summed E-state index contributed by atoms with van der Waals surface area (Å²) in [6.45, 7) is 3.90. The summed E-state index contributed by atoms with van der Waals surface area (Å²) >= 11 is 0. The van der Waals surface area contributed by atoms with Gasteiger partial charge in [0.1, 0.15) is 24.4 Å². The van der Waals surface area contributed by atoms with Crippen LogP contribution in [0.4, 0.5) is 0 Å². The van der Waals surface area contributed by atoms with Crippen molar-refractivity contribution in [2.75, 3.05) is 0 Å². The van der Waals surface area contributed by atoms with E-state index in [1.54, 1.807) is 60.7 Å². The van der Waals surface area contributed by atoms with Gasteiger partial charge in [0.05, 0.1) is 23.3 Å². The molecule has 0 unspecified atom stereocenters. The van der Waals surface area contributed by atoms with Gasteiger partial charge >= 0.3 is 11.9 Å². The van der Waals surface area contributed by atoms with Gasteiger partial charge in [0.25, 0.3) is 0 Å². The number of ether oxygens (including phenoxy) is 6. The maximum absolute atomic E-state index is 13.2. The molecule has 42 heavy (non-hydrogen) atoms. The molecule has 1 aliphatic carbocycles. The molecular weight excluding hydrogens is 544 g/mol. The molecule has 0 radical (unpaired) electrons. The smallest absolute Gasteiger partial charge is 0.338 e. The van der Waals surface area contributed by atoms with Crippen molar-refractivity contribution >= 4 is 11.9 Å². The lowest BCUT2D eigenvalue weighted by atomic mass is 9.80. The summed E-state index contributed by atoms with van der Waals surface area (Å²) in [6, 6.07) is 16.7. The van der Waals surface area contributed by atoms with E-state index in [0.717, 1.165) is 25.7 Å². The number of fused-ring (bicyclic) bond motifs is 2. The highest BCUT2D eigenvalue weighted by Gasteiger charge is 2.70. The van der Waals surface area contributed by atoms with Crippen LogP contribution in [0.25, 0.3) is 0 Å². The van der Waals surface area contributed by atoms with Crippen molar-refractivity contribution in [1.29, 1.82) is 0 Å². The molecule has 10 heteroatoms. The third-order valence-electron chi connectivity index (χ3n) is 8.75. The van der Waals surface area contributed by atoms with Gasteiger partial charge in [0.15, 0.2) is 12.2 Å². The molecule has 3 aliphatic heterocycles. The Bertz CT molecular complexity index is 1160. The van der Waals surface area contributed by atoms with Gasteiger partial charge in [0, 0.05) is 12.8 Å². The highest BCUT2D eigenvalue weighted by atomic mass is 16.8. The highest BCUT2D eigenvalue weighted by molar-refractivity contribution is 5.90. The van der Waals surface area contributed by atoms with Crippen LogP contribution in [-0.2, 0) is 28.4 Å². The first kappa shape index (κ1) is 29.2. The van der Waals surface area contributed by atoms with Crippen LogP contribution in [0.15, 0.2) is 60.7 Å². The number of hydrogen-bond acceptors (Lipinski definition) is 10. The molecule has 1 saturated carbocycles. The molecule has 3 heterocycles. The minimum absolute atomic E-state index is 0.173. The molecule has 2 spiro atoms. The summed E-state index contributed by atoms with van der Waals surface area (Å²) in [7, 11) is 0. The Morgan fingerprint density at radius 1 is 0.667 bits per heavy atom. The van der Waals surface area contributed by atoms with Gasteiger partial charge in [-0.15, -0.1) is 0 Å². The van der Waals surface area contributed by atoms with Gasteiger partial charge < -0.3 is 38.6 Å². The minimum Gasteiger partial charge on any atom is -0.453 e. The lowest BCUT2D eigenvalue weighted by Gasteiger charge is -2.62. The van der Waals surface area contributed by atoms with Crippen LogP contribution in [0.1, 0.15) is 73.1 Å². The Labute approximate surface area is 244 Å². The second-order valence-corrected chi connectivity index (χ2v) is 11.8. The van der Waals surface area contributed by atoms with Gasteiger partial charge in [-0.2, -0.15) is 0 Å². The molecule has 4 aliphatic rings. The Morgan fingerprint density at radius 2 is 1.05 bits per heavy atom. The van der Waals surface area contributed by atoms with Crippen LogP contribution < -0.4 is 0 Å². The fourth-order valence-corrected chi connectivity index (χ4v) is 6.71. The fraction of sp³-hybridized carbons (Fsp3) is 0.562. The lowest BCUT2D eigenvalue weighted by molar-refractivity contribution is -0.508. The van der Waals surface area contributed by atoms with Crippen LogP contribution >= 0.6 is 0 Å². The van der Waals surface area contributed by atoms with Gasteiger partial charge in [-0.25, -0.2) is 9.59 Å². The molecule has 4 fully saturated rings. The van der Waals surface area contributed by atoms with E-state index in [-0.39, 0.29) is 23.3 Å². The molecule has 10 nitrogen and oxygen atoms in total. The van der Waals surface area contributed by atoms with Gasteiger partial charge in [0.2, 0.25) is 11.6 Å². The van der Waals surface area contributed by atoms with Crippen molar-refractivity contribution in [2.24, 2.45) is 0 Å². The molecule has 6 rings (SSSR count). The standard InChI is InChI=1S/C32H38O10/c1-19-11-9-17-31(39-19)32(18-10-12-20(2)40-32)42-28-26(38-30(36)22-15-7-4-8-16-22)24(34)23(33)25(27(28)41-31)37-29(35)21-13-5-3-6-14-21/h3-8,13-16,19-20,23-28,33-34H,9-12,17-18H2,1-2H3/t19-,20+,23-,24-,25-,26+,27-,28-,31+,32+/m0/s1. The van der Waals surface area contributed by atoms with Crippen molar-refractivity contribution in [1.82, 2.24) is 0 Å². The maximum atomic E-state index is 13.2. The fourth-order valence-electron chi connectivity index (χ4n) is 6.71. The van der Waals surface area contributed by atoms with Crippen LogP contribution in [0.2, 0.25) is 0 Å². The number of rotatable bonds is 4. The summed E-state index contributed by atoms with van der Waals surface area (Å²) in [5, 5.41) is 22.8. The average Bonchev–Trinajstić information content (AvgIpc) is 2.99. The number of carbonyl (C=O) groups excluding carboxylic acids is 2. The normalized spacial score (nSPS) is 39.8. The first-order chi connectivity index (χ1) is 20.2. The second kappa shape index (κ2) is 11.7. The molecule has 3 saturated heterocycles. The Hall–Kier alpha value is -2.86. The van der Waals surface area contributed by atoms with Gasteiger partial charge in [-0.3, -0.25) is 0 Å². The third kappa shape index (κ3) is 5.25. The summed E-state index contributed by atoms with van der Waals surface area (Å²) < 4.78 is 38.3. The van der Waals surface area contributed by atoms with Crippen LogP contribution in [0, 0.1) is 0 Å². The van der Waals surface area contributed by atoms with E-state index < -0.39 is 60.1 Å². The Balaban J connectivity index is 1.39. The van der Waals surface area contributed by atoms with E-state index in [4.69, 9.17) is 28.4 Å². The Kier molecular flexibility index (Phi) is 8.12. The molecule has 2 N–H and O–H groups in total. The molecule has 2 aromatic rings. The lowest BCUT2D eigenvalue weighted by Crippen LogP contribution is -2.78. The molecule has 2 aromatic carbocycles. The monoisotopic (exact) mass is 582 g/mol. The van der Waals surface area contributed by atoms with E-state index in [2.05, 4.69) is 0 Å². The zero-order valence-electron chi connectivity index (χ0n) is 23.8. The van der Waals surface area contributed by atoms with E-state index >= 15 is 0 Å². The predicted molar refractivity (Wildman–Crippen MR) is 147 cm³/mol. The van der Waals surface area contributed by atoms with Crippen LogP contribution in [0.3, 0.4) is 0 Å². The number of benzene rings is 2. The first-order valence-electron chi connectivity index (χ1n) is 14.8. The van der Waals surface area contributed by atoms with Gasteiger partial charge in [-0.1, -0.05) is 36.4 Å². The topological polar surface area (TPSA) is 130 Å². The zero-order valence-corrected chi connectivity index (χ0v) is 23.8. The number of esters is 2. The van der Waals surface area contributed by atoms with E-state index in [0.29, 0.717) is 12.8 Å². The summed E-state index contributed by atoms with van der Waals surface area (Å²) in [6.07, 6.45) is -4.63. The number of aliphatic hydroxyl groups excluding tert-OH is 2. The third-order valence-corrected chi connectivity index (χ3v) is 8.75. The summed E-state index contributed by atoms with van der Waals surface area (Å²) in [5.41, 5.74) is 0.534. The van der Waals surface area contributed by atoms with Crippen LogP contribution in [-0.4, -0.2) is 82.6 Å². The van der Waals surface area contributed by atoms with Crippen molar-refractivity contribution in [3.8, 4) is 0 Å². The summed E-state index contributed by atoms with van der Waals surface area (Å²) in [5.74, 6) is -4.14. The highest BCUT2D eigenvalue weighted by Crippen LogP contribution is 2.53. The molecule has 0 amide bonds. The predicted octanol–water partition coefficient (Wildman–Crippen LogP) is 3.53. The molecule has 0 aromatic heterocycles. The van der Waals surface area contributed by atoms with Crippen molar-refractivity contribution < 1.29 is 48.2 Å². The summed E-state index contributed by atoms with van der Waals surface area (Å²) in [4.78, 5) is 26.4. The number of carbonyl (C=O) groups is 2. The first-order valence-corrected chi connectivity index (χ1v) is 14.8. The Morgan fingerprint density at radius 3 is 1.40 bits per heavy atom. The van der Waals surface area contributed by atoms with E-state index in [1.807, 2.05) is 13.8 Å². The van der Waals surface area contributed by atoms with Crippen LogP contribution in [0.5, 0.6) is 0 Å². The zero-order chi connectivity index (χ0) is 29.5. The number of aliphatic hydroxyl groups is 2. The molecule has 0 bridgehead atoms. The molecule has 10 atom stereocenters. The van der Waals surface area contributed by atoms with Crippen molar-refractivity contribution in [3.05, 3.63) is 71.8 Å².